The quantitative estimate of drug-likeness (QED) is 0.249. The molecule has 4 heteroatoms. The van der Waals surface area contributed by atoms with Crippen molar-refractivity contribution in [2.45, 2.75) is 0 Å². The van der Waals surface area contributed by atoms with Crippen LogP contribution in [0.1, 0.15) is 11.1 Å². The summed E-state index contributed by atoms with van der Waals surface area (Å²) in [5, 5.41) is 11.4. The average molecular weight is 390 g/mol. The van der Waals surface area contributed by atoms with Gasteiger partial charge in [-0.05, 0) is 29.8 Å². The lowest BCUT2D eigenvalue weighted by atomic mass is 10.2. The first kappa shape index (κ1) is 19.2. The summed E-state index contributed by atoms with van der Waals surface area (Å²) in [7, 11) is 0. The molecule has 4 nitrogen and oxygen atoms in total. The minimum Gasteiger partial charge on any atom is -0.276 e. The highest BCUT2D eigenvalue weighted by Crippen LogP contribution is 2.19. The summed E-state index contributed by atoms with van der Waals surface area (Å²) in [4.78, 5) is 0. The number of hydrogen-bond donors (Lipinski definition) is 1. The van der Waals surface area contributed by atoms with Gasteiger partial charge in [0.1, 0.15) is 0 Å². The number of amidine groups is 1. The van der Waals surface area contributed by atoms with Crippen molar-refractivity contribution >= 4 is 23.4 Å². The Morgan fingerprint density at radius 3 is 1.80 bits per heavy atom. The van der Waals surface area contributed by atoms with E-state index in [9.17, 15) is 0 Å². The predicted molar refractivity (Wildman–Crippen MR) is 126 cm³/mol. The van der Waals surface area contributed by atoms with Crippen molar-refractivity contribution in [2.75, 3.05) is 10.4 Å². The summed E-state index contributed by atoms with van der Waals surface area (Å²) in [5.41, 5.74) is 6.96. The maximum absolute atomic E-state index is 4.79. The van der Waals surface area contributed by atoms with E-state index in [0.717, 1.165) is 22.5 Å². The van der Waals surface area contributed by atoms with Gasteiger partial charge in [0.05, 0.1) is 17.6 Å². The number of anilines is 2. The average Bonchev–Trinajstić information content (AvgIpc) is 2.83. The second-order valence-electron chi connectivity index (χ2n) is 6.58. The standard InChI is InChI=1S/C26H22N4/c1-5-13-22(14-6-1)21-27-30(25-19-11-4-12-20-25)26(23-15-7-2-8-16-23)29-28-24-17-9-3-10-18-24/h1-21,28H/b27-21-,29-26?. The summed E-state index contributed by atoms with van der Waals surface area (Å²) >= 11 is 0. The normalized spacial score (nSPS) is 11.4. The van der Waals surface area contributed by atoms with Crippen LogP contribution in [-0.4, -0.2) is 12.1 Å². The first-order chi connectivity index (χ1) is 14.9. The molecular formula is C26H22N4. The van der Waals surface area contributed by atoms with Crippen LogP contribution in [0.25, 0.3) is 0 Å². The van der Waals surface area contributed by atoms with E-state index in [1.54, 1.807) is 0 Å². The molecule has 146 valence electrons. The summed E-state index contributed by atoms with van der Waals surface area (Å²) in [6.45, 7) is 0. The molecule has 0 aromatic heterocycles. The largest absolute Gasteiger partial charge is 0.276 e. The molecule has 0 atom stereocenters. The lowest BCUT2D eigenvalue weighted by Gasteiger charge is -2.21. The van der Waals surface area contributed by atoms with Crippen LogP contribution in [0.2, 0.25) is 0 Å². The van der Waals surface area contributed by atoms with Crippen molar-refractivity contribution in [2.24, 2.45) is 10.2 Å². The SMILES string of the molecule is C(=N/N(C(=NNc1ccccc1)c1ccccc1)c1ccccc1)/c1ccccc1. The summed E-state index contributed by atoms with van der Waals surface area (Å²) in [5.74, 6) is 0.692. The van der Waals surface area contributed by atoms with Crippen LogP contribution in [0.5, 0.6) is 0 Å². The highest BCUT2D eigenvalue weighted by molar-refractivity contribution is 6.10. The molecule has 0 bridgehead atoms. The Bertz CT molecular complexity index is 1090. The molecule has 30 heavy (non-hydrogen) atoms. The first-order valence-electron chi connectivity index (χ1n) is 9.78. The maximum atomic E-state index is 4.79. The predicted octanol–water partition coefficient (Wildman–Crippen LogP) is 6.00. The van der Waals surface area contributed by atoms with Crippen molar-refractivity contribution in [3.63, 3.8) is 0 Å². The summed E-state index contributed by atoms with van der Waals surface area (Å²) < 4.78 is 0. The van der Waals surface area contributed by atoms with Gasteiger partial charge in [-0.2, -0.15) is 10.2 Å². The van der Waals surface area contributed by atoms with Crippen molar-refractivity contribution in [3.8, 4) is 0 Å². The molecule has 4 aromatic rings. The van der Waals surface area contributed by atoms with Crippen LogP contribution in [0.15, 0.2) is 132 Å². The lowest BCUT2D eigenvalue weighted by molar-refractivity contribution is 1.11. The Kier molecular flexibility index (Phi) is 6.28. The van der Waals surface area contributed by atoms with Gasteiger partial charge in [0.2, 0.25) is 0 Å². The zero-order valence-corrected chi connectivity index (χ0v) is 16.5. The minimum absolute atomic E-state index is 0.692. The Morgan fingerprint density at radius 2 is 1.17 bits per heavy atom. The van der Waals surface area contributed by atoms with E-state index < -0.39 is 0 Å². The van der Waals surface area contributed by atoms with Crippen LogP contribution < -0.4 is 10.4 Å². The number of para-hydroxylation sites is 2. The molecule has 0 unspecified atom stereocenters. The topological polar surface area (TPSA) is 40.0 Å². The van der Waals surface area contributed by atoms with Crippen molar-refractivity contribution in [1.82, 2.24) is 0 Å². The maximum Gasteiger partial charge on any atom is 0.181 e. The molecule has 0 saturated carbocycles. The smallest absolute Gasteiger partial charge is 0.181 e. The van der Waals surface area contributed by atoms with Crippen molar-refractivity contribution < 1.29 is 0 Å². The zero-order valence-electron chi connectivity index (χ0n) is 16.5. The second-order valence-corrected chi connectivity index (χ2v) is 6.58. The Labute approximate surface area is 176 Å². The fourth-order valence-corrected chi connectivity index (χ4v) is 2.93. The zero-order chi connectivity index (χ0) is 20.4. The Hall–Kier alpha value is -4.18. The molecule has 4 aromatic carbocycles. The number of hydrazone groups is 2. The number of nitrogens with one attached hydrogen (secondary N) is 1. The van der Waals surface area contributed by atoms with Crippen LogP contribution in [0.4, 0.5) is 11.4 Å². The van der Waals surface area contributed by atoms with E-state index in [1.807, 2.05) is 133 Å². The van der Waals surface area contributed by atoms with E-state index in [2.05, 4.69) is 5.43 Å². The van der Waals surface area contributed by atoms with Gasteiger partial charge in [-0.3, -0.25) is 5.43 Å². The van der Waals surface area contributed by atoms with Gasteiger partial charge in [0, 0.05) is 5.56 Å². The van der Waals surface area contributed by atoms with Gasteiger partial charge >= 0.3 is 0 Å². The second kappa shape index (κ2) is 9.85. The molecular weight excluding hydrogens is 368 g/mol. The van der Waals surface area contributed by atoms with Crippen LogP contribution >= 0.6 is 0 Å². The lowest BCUT2D eigenvalue weighted by Crippen LogP contribution is -2.28. The fraction of sp³-hybridized carbons (Fsp3) is 0. The van der Waals surface area contributed by atoms with Crippen molar-refractivity contribution in [3.05, 3.63) is 132 Å². The molecule has 4 rings (SSSR count). The molecule has 0 aliphatic rings. The van der Waals surface area contributed by atoms with E-state index in [0.29, 0.717) is 5.84 Å². The molecule has 1 N–H and O–H groups in total. The van der Waals surface area contributed by atoms with Crippen LogP contribution in [-0.2, 0) is 0 Å². The third kappa shape index (κ3) is 5.00. The molecule has 0 spiro atoms. The van der Waals surface area contributed by atoms with E-state index in [4.69, 9.17) is 10.2 Å². The minimum atomic E-state index is 0.692. The third-order valence-corrected chi connectivity index (χ3v) is 4.42. The number of benzene rings is 4. The molecule has 0 amide bonds. The molecule has 0 radical (unpaired) electrons. The van der Waals surface area contributed by atoms with Crippen molar-refractivity contribution in [1.29, 1.82) is 0 Å². The molecule has 0 heterocycles. The van der Waals surface area contributed by atoms with Gasteiger partial charge in [0.15, 0.2) is 5.84 Å². The van der Waals surface area contributed by atoms with Gasteiger partial charge in [-0.1, -0.05) is 97.1 Å². The van der Waals surface area contributed by atoms with Gasteiger partial charge < -0.3 is 0 Å². The number of rotatable bonds is 6. The van der Waals surface area contributed by atoms with E-state index in [1.165, 1.54) is 0 Å². The molecule has 0 saturated heterocycles. The Morgan fingerprint density at radius 1 is 0.633 bits per heavy atom. The van der Waals surface area contributed by atoms with Crippen LogP contribution in [0, 0.1) is 0 Å². The van der Waals surface area contributed by atoms with Gasteiger partial charge in [0.25, 0.3) is 0 Å². The monoisotopic (exact) mass is 390 g/mol. The first-order valence-corrected chi connectivity index (χ1v) is 9.78. The molecule has 0 aliphatic carbocycles. The fourth-order valence-electron chi connectivity index (χ4n) is 2.93. The summed E-state index contributed by atoms with van der Waals surface area (Å²) in [6.07, 6.45) is 1.84. The number of nitrogens with zero attached hydrogens (tertiary/aromatic N) is 3. The van der Waals surface area contributed by atoms with E-state index in [-0.39, 0.29) is 0 Å². The third-order valence-electron chi connectivity index (χ3n) is 4.42. The van der Waals surface area contributed by atoms with Gasteiger partial charge in [-0.25, -0.2) is 5.01 Å². The van der Waals surface area contributed by atoms with Gasteiger partial charge in [-0.15, -0.1) is 0 Å². The van der Waals surface area contributed by atoms with E-state index >= 15 is 0 Å². The van der Waals surface area contributed by atoms with Crippen LogP contribution in [0.3, 0.4) is 0 Å². The summed E-state index contributed by atoms with van der Waals surface area (Å²) in [6, 6.07) is 40.0. The number of hydrogen-bond acceptors (Lipinski definition) is 3. The highest BCUT2D eigenvalue weighted by Gasteiger charge is 2.15. The highest BCUT2D eigenvalue weighted by atomic mass is 15.5. The molecule has 0 fully saturated rings. The molecule has 0 aliphatic heterocycles. The Balaban J connectivity index is 1.77.